The van der Waals surface area contributed by atoms with Crippen molar-refractivity contribution in [3.63, 3.8) is 0 Å². The molecule has 1 aromatic heterocycles. The van der Waals surface area contributed by atoms with E-state index in [2.05, 4.69) is 40.0 Å². The van der Waals surface area contributed by atoms with E-state index in [4.69, 9.17) is 11.6 Å². The lowest BCUT2D eigenvalue weighted by molar-refractivity contribution is 0.799. The Kier molecular flexibility index (Phi) is 3.89. The minimum atomic E-state index is 0.446. The maximum atomic E-state index is 6.22. The minimum absolute atomic E-state index is 0.446. The molecule has 0 saturated heterocycles. The lowest BCUT2D eigenvalue weighted by atomic mass is 10.0. The van der Waals surface area contributed by atoms with Crippen molar-refractivity contribution in [3.05, 3.63) is 50.7 Å². The first-order chi connectivity index (χ1) is 8.08. The van der Waals surface area contributed by atoms with Gasteiger partial charge in [-0.05, 0) is 29.2 Å². The number of benzene rings is 1. The fourth-order valence-corrected chi connectivity index (χ4v) is 2.57. The zero-order valence-corrected chi connectivity index (χ0v) is 12.1. The van der Waals surface area contributed by atoms with Gasteiger partial charge in [0, 0.05) is 21.6 Å². The predicted octanol–water partition coefficient (Wildman–Crippen LogP) is 4.54. The molecule has 2 nitrogen and oxygen atoms in total. The van der Waals surface area contributed by atoms with E-state index in [1.165, 1.54) is 11.3 Å². The molecular formula is C13H14BrClN2. The summed E-state index contributed by atoms with van der Waals surface area (Å²) in [7, 11) is 0. The second kappa shape index (κ2) is 5.23. The van der Waals surface area contributed by atoms with Crippen molar-refractivity contribution in [1.29, 1.82) is 0 Å². The summed E-state index contributed by atoms with van der Waals surface area (Å²) in [6.45, 7) is 4.31. The van der Waals surface area contributed by atoms with Gasteiger partial charge in [-0.15, -0.1) is 0 Å². The Bertz CT molecular complexity index is 520. The van der Waals surface area contributed by atoms with Gasteiger partial charge in [-0.25, -0.2) is 0 Å². The highest BCUT2D eigenvalue weighted by Crippen LogP contribution is 2.26. The van der Waals surface area contributed by atoms with Crippen LogP contribution in [0.5, 0.6) is 0 Å². The van der Waals surface area contributed by atoms with Crippen LogP contribution in [0.2, 0.25) is 5.02 Å². The molecule has 17 heavy (non-hydrogen) atoms. The zero-order chi connectivity index (χ0) is 12.4. The van der Waals surface area contributed by atoms with Crippen molar-refractivity contribution >= 4 is 27.5 Å². The Balaban J connectivity index is 2.28. The van der Waals surface area contributed by atoms with Crippen molar-refractivity contribution in [2.24, 2.45) is 0 Å². The van der Waals surface area contributed by atoms with Crippen LogP contribution < -0.4 is 0 Å². The van der Waals surface area contributed by atoms with Gasteiger partial charge in [0.15, 0.2) is 0 Å². The summed E-state index contributed by atoms with van der Waals surface area (Å²) >= 11 is 9.63. The molecule has 0 aliphatic carbocycles. The van der Waals surface area contributed by atoms with E-state index >= 15 is 0 Å². The lowest BCUT2D eigenvalue weighted by Gasteiger charge is -2.08. The molecule has 0 bridgehead atoms. The highest BCUT2D eigenvalue weighted by molar-refractivity contribution is 9.10. The number of aromatic nitrogens is 2. The third kappa shape index (κ3) is 2.90. The van der Waals surface area contributed by atoms with Crippen molar-refractivity contribution in [2.45, 2.75) is 26.2 Å². The first-order valence-corrected chi connectivity index (χ1v) is 6.71. The van der Waals surface area contributed by atoms with Gasteiger partial charge in [0.1, 0.15) is 0 Å². The highest BCUT2D eigenvalue weighted by Gasteiger charge is 2.11. The predicted molar refractivity (Wildman–Crippen MR) is 74.6 cm³/mol. The molecule has 1 aromatic carbocycles. The Morgan fingerprint density at radius 2 is 2.12 bits per heavy atom. The number of H-pyrrole nitrogens is 1. The summed E-state index contributed by atoms with van der Waals surface area (Å²) < 4.78 is 1.00. The van der Waals surface area contributed by atoms with Crippen LogP contribution in [0.1, 0.15) is 36.6 Å². The largest absolute Gasteiger partial charge is 0.282 e. The first-order valence-electron chi connectivity index (χ1n) is 5.54. The van der Waals surface area contributed by atoms with E-state index in [1.807, 2.05) is 24.4 Å². The van der Waals surface area contributed by atoms with Crippen molar-refractivity contribution in [1.82, 2.24) is 10.2 Å². The standard InChI is InChI=1S/C13H14BrClN2/c1-8(2)13-10(7-16-17-13)5-9-3-4-11(14)6-12(9)15/h3-4,6-8H,5H2,1-2H3,(H,16,17). The van der Waals surface area contributed by atoms with E-state index in [0.717, 1.165) is 21.5 Å². The quantitative estimate of drug-likeness (QED) is 0.885. The summed E-state index contributed by atoms with van der Waals surface area (Å²) in [5.41, 5.74) is 3.52. The molecule has 0 atom stereocenters. The van der Waals surface area contributed by atoms with E-state index in [-0.39, 0.29) is 0 Å². The summed E-state index contributed by atoms with van der Waals surface area (Å²) in [5, 5.41) is 7.95. The number of aromatic amines is 1. The topological polar surface area (TPSA) is 28.7 Å². The van der Waals surface area contributed by atoms with Gasteiger partial charge < -0.3 is 0 Å². The summed E-state index contributed by atoms with van der Waals surface area (Å²) in [4.78, 5) is 0. The van der Waals surface area contributed by atoms with E-state index in [1.54, 1.807) is 0 Å². The number of nitrogens with zero attached hydrogens (tertiary/aromatic N) is 1. The molecule has 0 unspecified atom stereocenters. The number of hydrogen-bond acceptors (Lipinski definition) is 1. The number of rotatable bonds is 3. The van der Waals surface area contributed by atoms with Crippen LogP contribution in [-0.4, -0.2) is 10.2 Å². The van der Waals surface area contributed by atoms with Crippen LogP contribution in [0.4, 0.5) is 0 Å². The normalized spacial score (nSPS) is 11.1. The summed E-state index contributed by atoms with van der Waals surface area (Å²) in [5.74, 6) is 0.446. The van der Waals surface area contributed by atoms with Crippen LogP contribution in [0.3, 0.4) is 0 Å². The van der Waals surface area contributed by atoms with Crippen LogP contribution in [0.15, 0.2) is 28.9 Å². The van der Waals surface area contributed by atoms with Crippen LogP contribution in [-0.2, 0) is 6.42 Å². The number of nitrogens with one attached hydrogen (secondary N) is 1. The smallest absolute Gasteiger partial charge is 0.0525 e. The molecule has 2 rings (SSSR count). The zero-order valence-electron chi connectivity index (χ0n) is 9.80. The average Bonchev–Trinajstić information content (AvgIpc) is 2.70. The van der Waals surface area contributed by atoms with Gasteiger partial charge in [-0.2, -0.15) is 5.10 Å². The van der Waals surface area contributed by atoms with Crippen molar-refractivity contribution in [3.8, 4) is 0 Å². The molecular weight excluding hydrogens is 300 g/mol. The molecule has 4 heteroatoms. The molecule has 1 heterocycles. The average molecular weight is 314 g/mol. The Hall–Kier alpha value is -0.800. The number of halogens is 2. The molecule has 0 fully saturated rings. The van der Waals surface area contributed by atoms with Gasteiger partial charge in [0.05, 0.1) is 6.20 Å². The van der Waals surface area contributed by atoms with Gasteiger partial charge in [0.2, 0.25) is 0 Å². The molecule has 0 amide bonds. The summed E-state index contributed by atoms with van der Waals surface area (Å²) in [6.07, 6.45) is 2.70. The van der Waals surface area contributed by atoms with Crippen LogP contribution in [0, 0.1) is 0 Å². The molecule has 0 aliphatic heterocycles. The third-order valence-corrected chi connectivity index (χ3v) is 3.57. The SMILES string of the molecule is CC(C)c1[nH]ncc1Cc1ccc(Br)cc1Cl. The monoisotopic (exact) mass is 312 g/mol. The van der Waals surface area contributed by atoms with Crippen LogP contribution in [0.25, 0.3) is 0 Å². The molecule has 0 aliphatic rings. The maximum absolute atomic E-state index is 6.22. The molecule has 1 N–H and O–H groups in total. The fourth-order valence-electron chi connectivity index (χ4n) is 1.83. The molecule has 0 saturated carbocycles. The molecule has 0 radical (unpaired) electrons. The van der Waals surface area contributed by atoms with Gasteiger partial charge in [0.25, 0.3) is 0 Å². The van der Waals surface area contributed by atoms with E-state index in [0.29, 0.717) is 5.92 Å². The maximum Gasteiger partial charge on any atom is 0.0525 e. The van der Waals surface area contributed by atoms with E-state index in [9.17, 15) is 0 Å². The van der Waals surface area contributed by atoms with Crippen molar-refractivity contribution in [2.75, 3.05) is 0 Å². The van der Waals surface area contributed by atoms with Crippen LogP contribution >= 0.6 is 27.5 Å². The van der Waals surface area contributed by atoms with E-state index < -0.39 is 0 Å². The summed E-state index contributed by atoms with van der Waals surface area (Å²) in [6, 6.07) is 5.98. The fraction of sp³-hybridized carbons (Fsp3) is 0.308. The second-order valence-corrected chi connectivity index (χ2v) is 5.70. The van der Waals surface area contributed by atoms with Gasteiger partial charge >= 0.3 is 0 Å². The Morgan fingerprint density at radius 3 is 2.76 bits per heavy atom. The Labute approximate surface area is 115 Å². The second-order valence-electron chi connectivity index (χ2n) is 4.38. The molecule has 2 aromatic rings. The minimum Gasteiger partial charge on any atom is -0.282 e. The number of hydrogen-bond donors (Lipinski definition) is 1. The van der Waals surface area contributed by atoms with Gasteiger partial charge in [-0.1, -0.05) is 47.4 Å². The highest BCUT2D eigenvalue weighted by atomic mass is 79.9. The Morgan fingerprint density at radius 1 is 1.35 bits per heavy atom. The lowest BCUT2D eigenvalue weighted by Crippen LogP contribution is -1.96. The van der Waals surface area contributed by atoms with Crippen molar-refractivity contribution < 1.29 is 0 Å². The first kappa shape index (κ1) is 12.7. The molecule has 90 valence electrons. The third-order valence-electron chi connectivity index (χ3n) is 2.72. The van der Waals surface area contributed by atoms with Gasteiger partial charge in [-0.3, -0.25) is 5.10 Å². The molecule has 0 spiro atoms.